The van der Waals surface area contributed by atoms with Crippen LogP contribution in [0.2, 0.25) is 0 Å². The van der Waals surface area contributed by atoms with Crippen LogP contribution in [0.1, 0.15) is 32.6 Å². The van der Waals surface area contributed by atoms with Crippen molar-refractivity contribution < 1.29 is 13.5 Å². The summed E-state index contributed by atoms with van der Waals surface area (Å²) in [6.07, 6.45) is 3.04. The Labute approximate surface area is 361 Å². The predicted octanol–water partition coefficient (Wildman–Crippen LogP) is 10.2. The van der Waals surface area contributed by atoms with Crippen molar-refractivity contribution in [3.05, 3.63) is 139 Å². The molecule has 2 unspecified atom stereocenters. The molecule has 2 atom stereocenters. The van der Waals surface area contributed by atoms with Crippen LogP contribution >= 0.6 is 24.8 Å². The van der Waals surface area contributed by atoms with Crippen LogP contribution in [-0.2, 0) is 4.74 Å². The first kappa shape index (κ1) is 42.8. The van der Waals surface area contributed by atoms with Gasteiger partial charge in [-0.1, -0.05) is 78.9 Å². The van der Waals surface area contributed by atoms with Gasteiger partial charge in [0.05, 0.1) is 28.0 Å². The van der Waals surface area contributed by atoms with Crippen LogP contribution in [0.5, 0.6) is 0 Å². The van der Waals surface area contributed by atoms with E-state index >= 15 is 8.78 Å². The van der Waals surface area contributed by atoms with Crippen LogP contribution in [0.3, 0.4) is 0 Å². The highest BCUT2D eigenvalue weighted by Gasteiger charge is 2.46. The minimum Gasteiger partial charge on any atom is -0.364 e. The number of halogens is 4. The zero-order chi connectivity index (χ0) is 39.5. The molecule has 0 amide bonds. The molecule has 2 aliphatic heterocycles. The van der Waals surface area contributed by atoms with Crippen molar-refractivity contribution in [1.82, 2.24) is 30.2 Å². The van der Waals surface area contributed by atoms with Crippen molar-refractivity contribution in [3.63, 3.8) is 0 Å². The summed E-state index contributed by atoms with van der Waals surface area (Å²) in [4.78, 5) is 25.1. The van der Waals surface area contributed by atoms with Gasteiger partial charge in [-0.05, 0) is 81.3 Å². The average molecular weight is 850 g/mol. The van der Waals surface area contributed by atoms with E-state index in [0.29, 0.717) is 47.4 Å². The molecule has 4 heterocycles. The Hall–Kier alpha value is -5.30. The van der Waals surface area contributed by atoms with Gasteiger partial charge in [0.25, 0.3) is 0 Å². The van der Waals surface area contributed by atoms with E-state index in [1.807, 2.05) is 85.8 Å². The fourth-order valence-electron chi connectivity index (χ4n) is 8.76. The standard InChI is InChI=1S/C47H46F2N8O.2ClH/c1-2-58-42-30-47(26-27-50-42,57(33-14-4-3-5-15-33)46-53-41-23-13-9-19-37(41)44(55-46)35-17-7-11-21-39(35)49)31-56-28-24-32(25-29-56)51-45-52-40-22-12-8-18-36(40)43(54-45)34-16-6-10-20-38(34)48;;/h3-23,32,42,50H,2,24-31H2,1H3,(H,51,52,54);2*1H. The topological polar surface area (TPSA) is 91.3 Å². The molecular weight excluding hydrogens is 801 g/mol. The SMILES string of the molecule is CCOC1CC(CN2CCC(Nc3nc(-c4ccccc4F)c4ccccc4n3)CC2)(N(c2ccccc2)c2nc(-c3ccccc3F)c3ccccc3n2)CCN1.Cl.Cl. The van der Waals surface area contributed by atoms with E-state index in [9.17, 15) is 0 Å². The quantitative estimate of drug-likeness (QED) is 0.132. The maximum absolute atomic E-state index is 15.6. The van der Waals surface area contributed by atoms with Crippen LogP contribution in [0.4, 0.5) is 26.4 Å². The molecule has 2 aliphatic rings. The minimum atomic E-state index is -0.488. The molecule has 2 saturated heterocycles. The van der Waals surface area contributed by atoms with Crippen molar-refractivity contribution in [2.75, 3.05) is 43.0 Å². The molecule has 2 fully saturated rings. The van der Waals surface area contributed by atoms with E-state index in [0.717, 1.165) is 72.9 Å². The Morgan fingerprint density at radius 3 is 1.92 bits per heavy atom. The van der Waals surface area contributed by atoms with Crippen LogP contribution < -0.4 is 15.5 Å². The van der Waals surface area contributed by atoms with Gasteiger partial charge in [-0.15, -0.1) is 24.8 Å². The number of piperidine rings is 2. The molecule has 13 heteroatoms. The lowest BCUT2D eigenvalue weighted by atomic mass is 9.83. The summed E-state index contributed by atoms with van der Waals surface area (Å²) in [7, 11) is 0. The minimum absolute atomic E-state index is 0. The first-order valence-corrected chi connectivity index (χ1v) is 20.2. The van der Waals surface area contributed by atoms with Gasteiger partial charge < -0.3 is 19.9 Å². The number of hydrogen-bond donors (Lipinski definition) is 2. The molecule has 0 radical (unpaired) electrons. The van der Waals surface area contributed by atoms with Gasteiger partial charge >= 0.3 is 0 Å². The van der Waals surface area contributed by atoms with Gasteiger partial charge in [0.1, 0.15) is 17.9 Å². The van der Waals surface area contributed by atoms with Crippen LogP contribution in [0.25, 0.3) is 44.3 Å². The third kappa shape index (κ3) is 8.77. The Bertz CT molecular complexity index is 2540. The largest absolute Gasteiger partial charge is 0.364 e. The molecule has 0 bridgehead atoms. The average Bonchev–Trinajstić information content (AvgIpc) is 3.25. The van der Waals surface area contributed by atoms with Gasteiger partial charge in [-0.25, -0.2) is 28.7 Å². The number of aromatic nitrogens is 4. The lowest BCUT2D eigenvalue weighted by molar-refractivity contribution is -0.0102. The Kier molecular flexibility index (Phi) is 13.5. The Balaban J connectivity index is 0.00000272. The highest BCUT2D eigenvalue weighted by atomic mass is 35.5. The molecule has 9 nitrogen and oxygen atoms in total. The van der Waals surface area contributed by atoms with Gasteiger partial charge in [0, 0.05) is 66.3 Å². The van der Waals surface area contributed by atoms with Crippen molar-refractivity contribution >= 4 is 64.2 Å². The maximum Gasteiger partial charge on any atom is 0.231 e. The molecule has 5 aromatic carbocycles. The molecule has 7 aromatic rings. The molecule has 2 N–H and O–H groups in total. The highest BCUT2D eigenvalue weighted by molar-refractivity contribution is 5.94. The van der Waals surface area contributed by atoms with Crippen molar-refractivity contribution in [2.24, 2.45) is 0 Å². The summed E-state index contributed by atoms with van der Waals surface area (Å²) >= 11 is 0. The van der Waals surface area contributed by atoms with E-state index < -0.39 is 5.54 Å². The zero-order valence-electron chi connectivity index (χ0n) is 33.3. The van der Waals surface area contributed by atoms with E-state index in [-0.39, 0.29) is 48.7 Å². The molecule has 60 heavy (non-hydrogen) atoms. The fraction of sp³-hybridized carbons (Fsp3) is 0.277. The summed E-state index contributed by atoms with van der Waals surface area (Å²) < 4.78 is 36.9. The first-order chi connectivity index (χ1) is 28.5. The second-order valence-electron chi connectivity index (χ2n) is 15.2. The number of para-hydroxylation sites is 3. The van der Waals surface area contributed by atoms with Gasteiger partial charge in [0.15, 0.2) is 0 Å². The molecular formula is C47H48Cl2F2N8O. The fourth-order valence-corrected chi connectivity index (χ4v) is 8.76. The number of nitrogens with one attached hydrogen (secondary N) is 2. The number of ether oxygens (including phenoxy) is 1. The van der Waals surface area contributed by atoms with E-state index in [2.05, 4.69) is 32.6 Å². The number of anilines is 3. The predicted molar refractivity (Wildman–Crippen MR) is 241 cm³/mol. The molecule has 0 saturated carbocycles. The molecule has 9 rings (SSSR count). The number of hydrogen-bond acceptors (Lipinski definition) is 9. The number of rotatable bonds is 11. The van der Waals surface area contributed by atoms with E-state index in [1.165, 1.54) is 12.1 Å². The number of nitrogens with zero attached hydrogens (tertiary/aromatic N) is 6. The summed E-state index contributed by atoms with van der Waals surface area (Å²) in [5, 5.41) is 8.82. The number of likely N-dealkylation sites (tertiary alicyclic amines) is 1. The molecule has 0 spiro atoms. The summed E-state index contributed by atoms with van der Waals surface area (Å²) in [6.45, 7) is 5.74. The number of benzene rings is 5. The summed E-state index contributed by atoms with van der Waals surface area (Å²) in [5.74, 6) is 0.381. The lowest BCUT2D eigenvalue weighted by Gasteiger charge is -2.51. The van der Waals surface area contributed by atoms with Crippen molar-refractivity contribution in [2.45, 2.75) is 50.4 Å². The lowest BCUT2D eigenvalue weighted by Crippen LogP contribution is -2.63. The first-order valence-electron chi connectivity index (χ1n) is 20.2. The van der Waals surface area contributed by atoms with Crippen molar-refractivity contribution in [3.8, 4) is 22.5 Å². The third-order valence-electron chi connectivity index (χ3n) is 11.5. The van der Waals surface area contributed by atoms with E-state index in [1.54, 1.807) is 24.3 Å². The second-order valence-corrected chi connectivity index (χ2v) is 15.2. The van der Waals surface area contributed by atoms with E-state index in [4.69, 9.17) is 24.7 Å². The van der Waals surface area contributed by atoms with Crippen LogP contribution in [-0.4, -0.2) is 75.4 Å². The van der Waals surface area contributed by atoms with Crippen LogP contribution in [0.15, 0.2) is 127 Å². The second kappa shape index (κ2) is 19.0. The summed E-state index contributed by atoms with van der Waals surface area (Å²) in [5.41, 5.74) is 4.02. The number of fused-ring (bicyclic) bond motifs is 2. The van der Waals surface area contributed by atoms with Gasteiger partial charge in [0.2, 0.25) is 11.9 Å². The van der Waals surface area contributed by atoms with Gasteiger partial charge in [-0.2, -0.15) is 0 Å². The monoisotopic (exact) mass is 848 g/mol. The third-order valence-corrected chi connectivity index (χ3v) is 11.5. The zero-order valence-corrected chi connectivity index (χ0v) is 34.9. The van der Waals surface area contributed by atoms with Crippen molar-refractivity contribution in [1.29, 1.82) is 0 Å². The molecule has 0 aliphatic carbocycles. The highest BCUT2D eigenvalue weighted by Crippen LogP contribution is 2.42. The Morgan fingerprint density at radius 2 is 1.28 bits per heavy atom. The maximum atomic E-state index is 15.6. The molecule has 310 valence electrons. The normalized spacial score (nSPS) is 18.4. The summed E-state index contributed by atoms with van der Waals surface area (Å²) in [6, 6.07) is 39.6. The Morgan fingerprint density at radius 1 is 0.717 bits per heavy atom. The smallest absolute Gasteiger partial charge is 0.231 e. The molecule has 2 aromatic heterocycles. The van der Waals surface area contributed by atoms with Gasteiger partial charge in [-0.3, -0.25) is 5.32 Å². The van der Waals surface area contributed by atoms with Crippen LogP contribution in [0, 0.1) is 11.6 Å².